The zero-order valence-electron chi connectivity index (χ0n) is 10.4. The van der Waals surface area contributed by atoms with Gasteiger partial charge in [0.25, 0.3) is 0 Å². The summed E-state index contributed by atoms with van der Waals surface area (Å²) in [5.41, 5.74) is 0.581. The van der Waals surface area contributed by atoms with E-state index >= 15 is 0 Å². The van der Waals surface area contributed by atoms with Crippen LogP contribution in [0.1, 0.15) is 24.2 Å². The molecule has 2 unspecified atom stereocenters. The Morgan fingerprint density at radius 3 is 2.83 bits per heavy atom. The van der Waals surface area contributed by atoms with Gasteiger partial charge in [-0.3, -0.25) is 4.79 Å². The highest BCUT2D eigenvalue weighted by Crippen LogP contribution is 2.31. The molecule has 0 aromatic heterocycles. The second-order valence-electron chi connectivity index (χ2n) is 3.97. The Morgan fingerprint density at radius 1 is 1.56 bits per heavy atom. The van der Waals surface area contributed by atoms with Gasteiger partial charge in [-0.05, 0) is 36.8 Å². The van der Waals surface area contributed by atoms with E-state index in [1.165, 1.54) is 31.0 Å². The highest BCUT2D eigenvalue weighted by Gasteiger charge is 2.22. The number of halogens is 1. The molecule has 0 fully saturated rings. The Balaban J connectivity index is 2.75. The summed E-state index contributed by atoms with van der Waals surface area (Å²) < 4.78 is 17.9. The third-order valence-corrected chi connectivity index (χ3v) is 3.66. The lowest BCUT2D eigenvalue weighted by molar-refractivity contribution is -0.140. The topological polar surface area (TPSA) is 46.5 Å². The maximum atomic E-state index is 13.1. The van der Waals surface area contributed by atoms with Crippen molar-refractivity contribution in [1.82, 2.24) is 0 Å². The number of aliphatic hydroxyl groups is 1. The Labute approximate surface area is 110 Å². The first-order chi connectivity index (χ1) is 8.54. The number of rotatable bonds is 6. The molecule has 0 bridgehead atoms. The van der Waals surface area contributed by atoms with Crippen molar-refractivity contribution in [3.8, 4) is 0 Å². The molecule has 1 aromatic rings. The maximum absolute atomic E-state index is 13.1. The molecule has 3 nitrogen and oxygen atoms in total. The zero-order valence-corrected chi connectivity index (χ0v) is 11.2. The van der Waals surface area contributed by atoms with E-state index in [1.54, 1.807) is 19.1 Å². The van der Waals surface area contributed by atoms with Crippen LogP contribution in [0.2, 0.25) is 0 Å². The van der Waals surface area contributed by atoms with Gasteiger partial charge in [0.15, 0.2) is 0 Å². The van der Waals surface area contributed by atoms with Crippen molar-refractivity contribution >= 4 is 17.7 Å². The molecule has 2 atom stereocenters. The normalized spacial score (nSPS) is 14.0. The van der Waals surface area contributed by atoms with E-state index < -0.39 is 17.3 Å². The number of carbonyl (C=O) groups is 1. The smallest absolute Gasteiger partial charge is 0.323 e. The van der Waals surface area contributed by atoms with Crippen molar-refractivity contribution in [2.75, 3.05) is 12.9 Å². The highest BCUT2D eigenvalue weighted by atomic mass is 32.2. The number of hydrogen-bond acceptors (Lipinski definition) is 4. The number of methoxy groups -OCH3 is 1. The van der Waals surface area contributed by atoms with E-state index in [9.17, 15) is 14.3 Å². The van der Waals surface area contributed by atoms with Crippen molar-refractivity contribution in [2.45, 2.75) is 24.7 Å². The van der Waals surface area contributed by atoms with Gasteiger partial charge >= 0.3 is 5.97 Å². The van der Waals surface area contributed by atoms with E-state index in [0.717, 1.165) is 0 Å². The van der Waals surface area contributed by atoms with Crippen molar-refractivity contribution < 1.29 is 19.0 Å². The number of esters is 1. The van der Waals surface area contributed by atoms with E-state index in [1.807, 2.05) is 0 Å². The lowest BCUT2D eigenvalue weighted by Gasteiger charge is -2.15. The quantitative estimate of drug-likeness (QED) is 0.808. The fourth-order valence-electron chi connectivity index (χ4n) is 1.43. The first-order valence-electron chi connectivity index (χ1n) is 5.67. The number of ether oxygens (including phenoxy) is 1. The van der Waals surface area contributed by atoms with Gasteiger partial charge in [0, 0.05) is 0 Å². The Hall–Kier alpha value is -1.07. The fraction of sp³-hybridized carbons (Fsp3) is 0.462. The minimum atomic E-state index is -0.551. The number of hydrogen-bond donors (Lipinski definition) is 1. The average molecular weight is 272 g/mol. The standard InChI is InChI=1S/C13H17FO3S/c1-9(15)6-7-18-12(13(16)17-2)10-4-3-5-11(14)8-10/h3-5,8-9,12,15H,6-7H2,1-2H3. The molecule has 1 aromatic carbocycles. The molecular weight excluding hydrogens is 255 g/mol. The Bertz CT molecular complexity index is 396. The SMILES string of the molecule is COC(=O)C(SCCC(C)O)c1cccc(F)c1. The third kappa shape index (κ3) is 4.66. The van der Waals surface area contributed by atoms with E-state index in [2.05, 4.69) is 0 Å². The second-order valence-corrected chi connectivity index (χ2v) is 5.18. The summed E-state index contributed by atoms with van der Waals surface area (Å²) in [6.45, 7) is 1.69. The van der Waals surface area contributed by atoms with Crippen LogP contribution in [0.3, 0.4) is 0 Å². The van der Waals surface area contributed by atoms with E-state index in [-0.39, 0.29) is 5.82 Å². The van der Waals surface area contributed by atoms with Crippen molar-refractivity contribution in [3.63, 3.8) is 0 Å². The molecule has 0 heterocycles. The van der Waals surface area contributed by atoms with Crippen molar-refractivity contribution in [1.29, 1.82) is 0 Å². The lowest BCUT2D eigenvalue weighted by Crippen LogP contribution is -2.13. The molecule has 1 rings (SSSR count). The Kier molecular flexibility index (Phi) is 6.15. The number of benzene rings is 1. The van der Waals surface area contributed by atoms with Gasteiger partial charge in [0.2, 0.25) is 0 Å². The summed E-state index contributed by atoms with van der Waals surface area (Å²) in [6.07, 6.45) is 0.163. The van der Waals surface area contributed by atoms with Gasteiger partial charge in [-0.2, -0.15) is 0 Å². The van der Waals surface area contributed by atoms with Crippen LogP contribution in [0.25, 0.3) is 0 Å². The van der Waals surface area contributed by atoms with Crippen molar-refractivity contribution in [3.05, 3.63) is 35.6 Å². The van der Waals surface area contributed by atoms with Crippen LogP contribution in [-0.2, 0) is 9.53 Å². The average Bonchev–Trinajstić information content (AvgIpc) is 2.33. The van der Waals surface area contributed by atoms with E-state index in [0.29, 0.717) is 17.7 Å². The predicted octanol–water partition coefficient (Wildman–Crippen LogP) is 2.54. The van der Waals surface area contributed by atoms with Crippen molar-refractivity contribution in [2.24, 2.45) is 0 Å². The molecule has 5 heteroatoms. The van der Waals surface area contributed by atoms with Crippen LogP contribution in [0, 0.1) is 5.82 Å². The largest absolute Gasteiger partial charge is 0.468 e. The summed E-state index contributed by atoms with van der Waals surface area (Å²) in [5, 5.41) is 8.63. The number of thioether (sulfide) groups is 1. The van der Waals surface area contributed by atoms with Crippen LogP contribution in [0.5, 0.6) is 0 Å². The highest BCUT2D eigenvalue weighted by molar-refractivity contribution is 8.00. The molecule has 0 saturated carbocycles. The summed E-state index contributed by atoms with van der Waals surface area (Å²) in [6, 6.07) is 5.92. The predicted molar refractivity (Wildman–Crippen MR) is 69.9 cm³/mol. The number of aliphatic hydroxyl groups excluding tert-OH is 1. The first-order valence-corrected chi connectivity index (χ1v) is 6.72. The van der Waals surface area contributed by atoms with Crippen LogP contribution < -0.4 is 0 Å². The molecule has 0 spiro atoms. The summed E-state index contributed by atoms with van der Waals surface area (Å²) in [7, 11) is 1.31. The van der Waals surface area contributed by atoms with Gasteiger partial charge in [-0.1, -0.05) is 12.1 Å². The second kappa shape index (κ2) is 7.38. The van der Waals surface area contributed by atoms with Crippen LogP contribution in [-0.4, -0.2) is 30.0 Å². The monoisotopic (exact) mass is 272 g/mol. The van der Waals surface area contributed by atoms with Gasteiger partial charge in [0.05, 0.1) is 13.2 Å². The first kappa shape index (κ1) is 15.0. The fourth-order valence-corrected chi connectivity index (χ4v) is 2.72. The lowest BCUT2D eigenvalue weighted by atomic mass is 10.1. The minimum absolute atomic E-state index is 0.377. The number of carbonyl (C=O) groups excluding carboxylic acids is 1. The molecule has 0 aliphatic heterocycles. The summed E-state index contributed by atoms with van der Waals surface area (Å²) in [4.78, 5) is 11.7. The minimum Gasteiger partial charge on any atom is -0.468 e. The van der Waals surface area contributed by atoms with Gasteiger partial charge in [-0.15, -0.1) is 11.8 Å². The maximum Gasteiger partial charge on any atom is 0.323 e. The van der Waals surface area contributed by atoms with Crippen LogP contribution in [0.4, 0.5) is 4.39 Å². The molecule has 0 amide bonds. The summed E-state index contributed by atoms with van der Waals surface area (Å²) >= 11 is 1.34. The molecule has 18 heavy (non-hydrogen) atoms. The molecule has 0 saturated heterocycles. The molecule has 0 radical (unpaired) electrons. The van der Waals surface area contributed by atoms with Gasteiger partial charge < -0.3 is 9.84 Å². The molecule has 100 valence electrons. The zero-order chi connectivity index (χ0) is 13.5. The molecule has 1 N–H and O–H groups in total. The van der Waals surface area contributed by atoms with Crippen LogP contribution >= 0.6 is 11.8 Å². The summed E-state index contributed by atoms with van der Waals surface area (Å²) in [5.74, 6) is -0.178. The molecule has 0 aliphatic carbocycles. The Morgan fingerprint density at radius 2 is 2.28 bits per heavy atom. The van der Waals surface area contributed by atoms with E-state index in [4.69, 9.17) is 4.74 Å². The molecule has 0 aliphatic rings. The van der Waals surface area contributed by atoms with Gasteiger partial charge in [-0.25, -0.2) is 4.39 Å². The third-order valence-electron chi connectivity index (χ3n) is 2.39. The molecular formula is C13H17FO3S. The van der Waals surface area contributed by atoms with Crippen LogP contribution in [0.15, 0.2) is 24.3 Å². The van der Waals surface area contributed by atoms with Gasteiger partial charge in [0.1, 0.15) is 11.1 Å².